The Morgan fingerprint density at radius 3 is 2.76 bits per heavy atom. The van der Waals surface area contributed by atoms with Crippen LogP contribution in [0.5, 0.6) is 0 Å². The third-order valence-electron chi connectivity index (χ3n) is 4.72. The number of nitrogens with zero attached hydrogens (tertiary/aromatic N) is 1. The van der Waals surface area contributed by atoms with E-state index in [1.807, 2.05) is 12.1 Å². The molecule has 1 saturated carbocycles. The Hall–Kier alpha value is -2.34. The summed E-state index contributed by atoms with van der Waals surface area (Å²) in [5.74, 6) is 0.364. The highest BCUT2D eigenvalue weighted by molar-refractivity contribution is 6.31. The van der Waals surface area contributed by atoms with Gasteiger partial charge in [0.05, 0.1) is 16.8 Å². The van der Waals surface area contributed by atoms with Crippen LogP contribution in [-0.4, -0.2) is 35.1 Å². The molecule has 2 aromatic rings. The third kappa shape index (κ3) is 4.20. The lowest BCUT2D eigenvalue weighted by Crippen LogP contribution is -2.33. The lowest BCUT2D eigenvalue weighted by molar-refractivity contribution is 0.112. The van der Waals surface area contributed by atoms with Gasteiger partial charge in [-0.15, -0.1) is 0 Å². The number of carboxylic acid groups (broad SMARTS) is 1. The molecule has 3 N–H and O–H groups in total. The quantitative estimate of drug-likeness (QED) is 0.701. The van der Waals surface area contributed by atoms with Crippen molar-refractivity contribution in [2.75, 3.05) is 11.9 Å². The summed E-state index contributed by atoms with van der Waals surface area (Å²) in [4.78, 5) is 26.3. The standard InChI is InChI=1S/C18H20ClN3O3/c19-13-3-6-16-15(7-13)17(12(10-23)9-20-16)22-14-4-1-11(2-5-14)8-21-18(24)25/h3,6-7,9-11,14,21H,1-2,4-5,8H2,(H,20,22)(H,24,25)/t11-,14-. The average Bonchev–Trinajstić information content (AvgIpc) is 2.61. The van der Waals surface area contributed by atoms with Crippen LogP contribution in [0.2, 0.25) is 5.02 Å². The fourth-order valence-corrected chi connectivity index (χ4v) is 3.55. The van der Waals surface area contributed by atoms with Crippen molar-refractivity contribution in [2.45, 2.75) is 31.7 Å². The highest BCUT2D eigenvalue weighted by Crippen LogP contribution is 2.32. The van der Waals surface area contributed by atoms with Gasteiger partial charge in [0, 0.05) is 29.2 Å². The molecule has 1 aliphatic rings. The van der Waals surface area contributed by atoms with Gasteiger partial charge in [0.25, 0.3) is 0 Å². The Morgan fingerprint density at radius 1 is 1.32 bits per heavy atom. The van der Waals surface area contributed by atoms with Crippen molar-refractivity contribution in [3.8, 4) is 0 Å². The Labute approximate surface area is 150 Å². The number of rotatable bonds is 5. The molecule has 0 radical (unpaired) electrons. The minimum Gasteiger partial charge on any atom is -0.465 e. The van der Waals surface area contributed by atoms with Crippen molar-refractivity contribution in [3.05, 3.63) is 35.0 Å². The summed E-state index contributed by atoms with van der Waals surface area (Å²) in [7, 11) is 0. The molecule has 1 heterocycles. The van der Waals surface area contributed by atoms with Gasteiger partial charge in [-0.05, 0) is 49.8 Å². The summed E-state index contributed by atoms with van der Waals surface area (Å²) in [6.45, 7) is 0.495. The molecule has 0 spiro atoms. The molecule has 1 aromatic carbocycles. The first-order valence-corrected chi connectivity index (χ1v) is 8.71. The maximum Gasteiger partial charge on any atom is 0.404 e. The van der Waals surface area contributed by atoms with Gasteiger partial charge < -0.3 is 15.7 Å². The molecule has 7 heteroatoms. The van der Waals surface area contributed by atoms with Crippen LogP contribution in [0, 0.1) is 5.92 Å². The first-order valence-electron chi connectivity index (χ1n) is 8.33. The lowest BCUT2D eigenvalue weighted by atomic mass is 9.85. The van der Waals surface area contributed by atoms with Crippen LogP contribution in [0.1, 0.15) is 36.0 Å². The van der Waals surface area contributed by atoms with E-state index in [1.54, 1.807) is 12.3 Å². The second kappa shape index (κ2) is 7.70. The van der Waals surface area contributed by atoms with Crippen molar-refractivity contribution in [1.82, 2.24) is 10.3 Å². The van der Waals surface area contributed by atoms with E-state index in [9.17, 15) is 9.59 Å². The molecular formula is C18H20ClN3O3. The number of hydrogen-bond donors (Lipinski definition) is 3. The summed E-state index contributed by atoms with van der Waals surface area (Å²) in [5.41, 5.74) is 2.08. The number of carbonyl (C=O) groups excluding carboxylic acids is 1. The number of carbonyl (C=O) groups is 2. The van der Waals surface area contributed by atoms with E-state index in [0.717, 1.165) is 48.6 Å². The summed E-state index contributed by atoms with van der Waals surface area (Å²) >= 11 is 6.11. The number of aromatic nitrogens is 1. The normalized spacial score (nSPS) is 20.2. The number of benzene rings is 1. The third-order valence-corrected chi connectivity index (χ3v) is 4.96. The molecular weight excluding hydrogens is 342 g/mol. The highest BCUT2D eigenvalue weighted by atomic mass is 35.5. The number of amides is 1. The number of anilines is 1. The van der Waals surface area contributed by atoms with Crippen molar-refractivity contribution < 1.29 is 14.7 Å². The number of halogens is 1. The second-order valence-corrected chi connectivity index (χ2v) is 6.85. The van der Waals surface area contributed by atoms with Crippen molar-refractivity contribution in [3.63, 3.8) is 0 Å². The number of aldehydes is 1. The molecule has 0 aliphatic heterocycles. The number of hydrogen-bond acceptors (Lipinski definition) is 4. The molecule has 6 nitrogen and oxygen atoms in total. The smallest absolute Gasteiger partial charge is 0.404 e. The summed E-state index contributed by atoms with van der Waals surface area (Å²) in [6.07, 6.45) is 5.14. The van der Waals surface area contributed by atoms with Crippen LogP contribution in [0.4, 0.5) is 10.5 Å². The fraction of sp³-hybridized carbons (Fsp3) is 0.389. The molecule has 1 fully saturated rings. The van der Waals surface area contributed by atoms with Crippen LogP contribution in [0.3, 0.4) is 0 Å². The Morgan fingerprint density at radius 2 is 2.08 bits per heavy atom. The van der Waals surface area contributed by atoms with Crippen LogP contribution in [0.15, 0.2) is 24.4 Å². The monoisotopic (exact) mass is 361 g/mol. The number of pyridine rings is 1. The van der Waals surface area contributed by atoms with E-state index in [4.69, 9.17) is 16.7 Å². The minimum absolute atomic E-state index is 0.240. The predicted octanol–water partition coefficient (Wildman–Crippen LogP) is 3.94. The van der Waals surface area contributed by atoms with Crippen LogP contribution in [-0.2, 0) is 0 Å². The van der Waals surface area contributed by atoms with Crippen LogP contribution >= 0.6 is 11.6 Å². The van der Waals surface area contributed by atoms with E-state index in [2.05, 4.69) is 15.6 Å². The average molecular weight is 362 g/mol. The molecule has 132 valence electrons. The number of fused-ring (bicyclic) bond motifs is 1. The van der Waals surface area contributed by atoms with Crippen LogP contribution < -0.4 is 10.6 Å². The highest BCUT2D eigenvalue weighted by Gasteiger charge is 2.23. The molecule has 0 atom stereocenters. The summed E-state index contributed by atoms with van der Waals surface area (Å²) < 4.78 is 0. The van der Waals surface area contributed by atoms with Gasteiger partial charge in [0.2, 0.25) is 0 Å². The van der Waals surface area contributed by atoms with Gasteiger partial charge in [0.1, 0.15) is 0 Å². The van der Waals surface area contributed by atoms with E-state index in [-0.39, 0.29) is 6.04 Å². The minimum atomic E-state index is -0.976. The molecule has 0 unspecified atom stereocenters. The fourth-order valence-electron chi connectivity index (χ4n) is 3.38. The van der Waals surface area contributed by atoms with Crippen molar-refractivity contribution in [2.24, 2.45) is 5.92 Å². The van der Waals surface area contributed by atoms with E-state index >= 15 is 0 Å². The van der Waals surface area contributed by atoms with Crippen molar-refractivity contribution >= 4 is 40.6 Å². The molecule has 1 aromatic heterocycles. The van der Waals surface area contributed by atoms with Crippen molar-refractivity contribution in [1.29, 1.82) is 0 Å². The zero-order valence-electron chi connectivity index (χ0n) is 13.7. The van der Waals surface area contributed by atoms with E-state index in [0.29, 0.717) is 23.0 Å². The van der Waals surface area contributed by atoms with Gasteiger partial charge in [-0.2, -0.15) is 0 Å². The van der Waals surface area contributed by atoms with Gasteiger partial charge in [-0.25, -0.2) is 4.79 Å². The summed E-state index contributed by atoms with van der Waals surface area (Å²) in [5, 5.41) is 16.1. The van der Waals surface area contributed by atoms with Gasteiger partial charge in [-0.1, -0.05) is 11.6 Å². The molecule has 1 amide bonds. The first kappa shape index (κ1) is 17.5. The first-order chi connectivity index (χ1) is 12.1. The zero-order valence-corrected chi connectivity index (χ0v) is 14.4. The Bertz CT molecular complexity index is 788. The molecule has 0 saturated heterocycles. The Kier molecular flexibility index (Phi) is 5.38. The molecule has 1 aliphatic carbocycles. The topological polar surface area (TPSA) is 91.3 Å². The molecule has 25 heavy (non-hydrogen) atoms. The second-order valence-electron chi connectivity index (χ2n) is 6.42. The molecule has 3 rings (SSSR count). The maximum absolute atomic E-state index is 11.4. The van der Waals surface area contributed by atoms with E-state index < -0.39 is 6.09 Å². The summed E-state index contributed by atoms with van der Waals surface area (Å²) in [6, 6.07) is 5.68. The zero-order chi connectivity index (χ0) is 17.8. The maximum atomic E-state index is 11.4. The lowest BCUT2D eigenvalue weighted by Gasteiger charge is -2.30. The van der Waals surface area contributed by atoms with Gasteiger partial charge >= 0.3 is 6.09 Å². The van der Waals surface area contributed by atoms with Crippen LogP contribution in [0.25, 0.3) is 10.9 Å². The van der Waals surface area contributed by atoms with Gasteiger partial charge in [0.15, 0.2) is 6.29 Å². The predicted molar refractivity (Wildman–Crippen MR) is 97.5 cm³/mol. The number of nitrogens with one attached hydrogen (secondary N) is 2. The molecule has 0 bridgehead atoms. The Balaban J connectivity index is 1.74. The van der Waals surface area contributed by atoms with Gasteiger partial charge in [-0.3, -0.25) is 9.78 Å². The SMILES string of the molecule is O=Cc1cnc2ccc(Cl)cc2c1N[C@H]1CC[C@H](CNC(=O)O)CC1. The largest absolute Gasteiger partial charge is 0.465 e. The van der Waals surface area contributed by atoms with E-state index in [1.165, 1.54) is 0 Å².